The molecule has 3 rings (SSSR count). The molecule has 3 aromatic rings. The van der Waals surface area contributed by atoms with Gasteiger partial charge < -0.3 is 9.57 Å². The zero-order chi connectivity index (χ0) is 24.8. The van der Waals surface area contributed by atoms with Gasteiger partial charge in [-0.25, -0.2) is 9.40 Å². The number of rotatable bonds is 9. The number of oxime groups is 1. The molecule has 0 aliphatic heterocycles. The highest BCUT2D eigenvalue weighted by Crippen LogP contribution is 2.21. The van der Waals surface area contributed by atoms with Crippen molar-refractivity contribution in [1.29, 1.82) is 0 Å². The molecule has 0 atom stereocenters. The highest BCUT2D eigenvalue weighted by atomic mass is 32.1. The van der Waals surface area contributed by atoms with Gasteiger partial charge in [-0.3, -0.25) is 9.59 Å². The van der Waals surface area contributed by atoms with Crippen LogP contribution in [-0.4, -0.2) is 41.8 Å². The largest absolute Gasteiger partial charge is 0.496 e. The second-order valence-electron chi connectivity index (χ2n) is 7.84. The number of amides is 1. The number of halogens is 1. The lowest BCUT2D eigenvalue weighted by Gasteiger charge is -2.19. The van der Waals surface area contributed by atoms with Crippen molar-refractivity contribution in [3.05, 3.63) is 79.6 Å². The predicted molar refractivity (Wildman–Crippen MR) is 130 cm³/mol. The number of benzene rings is 1. The van der Waals surface area contributed by atoms with Gasteiger partial charge in [0.25, 0.3) is 11.5 Å². The smallest absolute Gasteiger partial charge is 0.295 e. The first kappa shape index (κ1) is 25.1. The highest BCUT2D eigenvalue weighted by molar-refractivity contribution is 7.12. The fourth-order valence-electron chi connectivity index (χ4n) is 3.20. The minimum atomic E-state index is -0.506. The molecule has 0 spiro atoms. The third kappa shape index (κ3) is 5.88. The number of carbonyl (C=O) groups is 1. The molecule has 0 saturated carbocycles. The maximum atomic E-state index is 13.8. The third-order valence-electron chi connectivity index (χ3n) is 4.94. The Hall–Kier alpha value is -3.53. The molecule has 10 heteroatoms. The number of hydrogen-bond acceptors (Lipinski definition) is 7. The van der Waals surface area contributed by atoms with Crippen LogP contribution in [0.15, 0.2) is 51.7 Å². The molecule has 1 aromatic carbocycles. The molecule has 1 amide bonds. The van der Waals surface area contributed by atoms with Gasteiger partial charge in [0.05, 0.1) is 29.0 Å². The van der Waals surface area contributed by atoms with E-state index in [9.17, 15) is 14.0 Å². The summed E-state index contributed by atoms with van der Waals surface area (Å²) in [6.45, 7) is 5.31. The van der Waals surface area contributed by atoms with Crippen LogP contribution in [0.2, 0.25) is 0 Å². The lowest BCUT2D eigenvalue weighted by Crippen LogP contribution is -2.46. The molecule has 0 N–H and O–H groups in total. The summed E-state index contributed by atoms with van der Waals surface area (Å²) in [5.41, 5.74) is 1.29. The molecule has 0 bridgehead atoms. The average Bonchev–Trinajstić information content (AvgIpc) is 3.36. The SMILES string of the molecule is COc1ccc(F)cc1CCc1cc(/C(C)=N/OC(C)C)c(=O)n(N(C)C(=O)c2cccs2)n1. The van der Waals surface area contributed by atoms with Gasteiger partial charge in [0.15, 0.2) is 0 Å². The van der Waals surface area contributed by atoms with Crippen LogP contribution in [0.5, 0.6) is 5.75 Å². The van der Waals surface area contributed by atoms with Crippen LogP contribution in [0.25, 0.3) is 0 Å². The van der Waals surface area contributed by atoms with Crippen LogP contribution in [0.4, 0.5) is 4.39 Å². The normalized spacial score (nSPS) is 11.6. The fourth-order valence-corrected chi connectivity index (χ4v) is 3.90. The molecule has 0 radical (unpaired) electrons. The van der Waals surface area contributed by atoms with Crippen molar-refractivity contribution >= 4 is 23.0 Å². The number of thiophene rings is 1. The van der Waals surface area contributed by atoms with Crippen molar-refractivity contribution in [2.75, 3.05) is 19.2 Å². The van der Waals surface area contributed by atoms with Crippen molar-refractivity contribution in [1.82, 2.24) is 9.89 Å². The summed E-state index contributed by atoms with van der Waals surface area (Å²) in [4.78, 5) is 33.0. The maximum absolute atomic E-state index is 13.8. The monoisotopic (exact) mass is 486 g/mol. The Labute approximate surface area is 201 Å². The Morgan fingerprint density at radius 1 is 1.26 bits per heavy atom. The van der Waals surface area contributed by atoms with E-state index in [4.69, 9.17) is 9.57 Å². The van der Waals surface area contributed by atoms with E-state index in [1.807, 2.05) is 13.8 Å². The summed E-state index contributed by atoms with van der Waals surface area (Å²) in [5.74, 6) is -0.181. The van der Waals surface area contributed by atoms with E-state index < -0.39 is 5.56 Å². The predicted octanol–water partition coefficient (Wildman–Crippen LogP) is 3.79. The Kier molecular flexibility index (Phi) is 8.17. The van der Waals surface area contributed by atoms with Gasteiger partial charge in [0, 0.05) is 7.05 Å². The van der Waals surface area contributed by atoms with E-state index in [0.717, 1.165) is 4.79 Å². The second-order valence-corrected chi connectivity index (χ2v) is 8.78. The van der Waals surface area contributed by atoms with Crippen molar-refractivity contribution < 1.29 is 18.8 Å². The molecule has 0 aliphatic carbocycles. The van der Waals surface area contributed by atoms with Crippen LogP contribution >= 0.6 is 11.3 Å². The number of methoxy groups -OCH3 is 1. The van der Waals surface area contributed by atoms with Gasteiger partial charge in [0.2, 0.25) is 0 Å². The molecule has 34 heavy (non-hydrogen) atoms. The molecule has 180 valence electrons. The van der Waals surface area contributed by atoms with E-state index in [-0.39, 0.29) is 23.4 Å². The second kappa shape index (κ2) is 11.1. The first-order chi connectivity index (χ1) is 16.2. The summed E-state index contributed by atoms with van der Waals surface area (Å²) in [6.07, 6.45) is 0.612. The molecule has 0 fully saturated rings. The molecule has 8 nitrogen and oxygen atoms in total. The highest BCUT2D eigenvalue weighted by Gasteiger charge is 2.20. The van der Waals surface area contributed by atoms with Crippen molar-refractivity contribution in [2.24, 2.45) is 5.16 Å². The molecule has 2 aromatic heterocycles. The Morgan fingerprint density at radius 2 is 2.03 bits per heavy atom. The fraction of sp³-hybridized carbons (Fsp3) is 0.333. The van der Waals surface area contributed by atoms with Gasteiger partial charge in [-0.05, 0) is 74.9 Å². The minimum Gasteiger partial charge on any atom is -0.496 e. The first-order valence-corrected chi connectivity index (χ1v) is 11.6. The number of ether oxygens (including phenoxy) is 1. The summed E-state index contributed by atoms with van der Waals surface area (Å²) in [5, 5.41) is 11.4. The van der Waals surface area contributed by atoms with Gasteiger partial charge in [0.1, 0.15) is 17.7 Å². The van der Waals surface area contributed by atoms with Crippen LogP contribution in [-0.2, 0) is 17.7 Å². The van der Waals surface area contributed by atoms with E-state index >= 15 is 0 Å². The summed E-state index contributed by atoms with van der Waals surface area (Å²) in [7, 11) is 3.00. The average molecular weight is 487 g/mol. The van der Waals surface area contributed by atoms with E-state index in [1.54, 1.807) is 36.6 Å². The van der Waals surface area contributed by atoms with Gasteiger partial charge in [-0.1, -0.05) is 11.2 Å². The maximum Gasteiger partial charge on any atom is 0.295 e. The lowest BCUT2D eigenvalue weighted by molar-refractivity contribution is 0.0860. The molecule has 0 aliphatic rings. The number of aryl methyl sites for hydroxylation is 2. The van der Waals surface area contributed by atoms with Crippen molar-refractivity contribution in [3.63, 3.8) is 0 Å². The Balaban J connectivity index is 2.01. The molecule has 0 unspecified atom stereocenters. The van der Waals surface area contributed by atoms with Crippen LogP contribution in [0, 0.1) is 5.82 Å². The van der Waals surface area contributed by atoms with Crippen LogP contribution in [0.3, 0.4) is 0 Å². The van der Waals surface area contributed by atoms with Crippen molar-refractivity contribution in [2.45, 2.75) is 39.7 Å². The van der Waals surface area contributed by atoms with E-state index in [2.05, 4.69) is 10.3 Å². The molecular weight excluding hydrogens is 459 g/mol. The topological polar surface area (TPSA) is 86.0 Å². The van der Waals surface area contributed by atoms with E-state index in [0.29, 0.717) is 40.4 Å². The van der Waals surface area contributed by atoms with Crippen LogP contribution in [0.1, 0.15) is 47.3 Å². The lowest BCUT2D eigenvalue weighted by atomic mass is 10.1. The summed E-state index contributed by atoms with van der Waals surface area (Å²) >= 11 is 1.27. The standard InChI is InChI=1S/C24H27FN4O4S/c1-15(2)33-27-16(3)20-14-19(10-8-17-13-18(25)9-11-21(17)32-5)26-29(23(20)30)28(4)24(31)22-7-6-12-34-22/h6-7,9,11-15H,8,10H2,1-5H3/b27-16+. The zero-order valence-corrected chi connectivity index (χ0v) is 20.6. The number of nitrogens with zero attached hydrogens (tertiary/aromatic N) is 4. The zero-order valence-electron chi connectivity index (χ0n) is 19.7. The number of hydrogen-bond donors (Lipinski definition) is 0. The minimum absolute atomic E-state index is 0.165. The summed E-state index contributed by atoms with van der Waals surface area (Å²) < 4.78 is 19.1. The Morgan fingerprint density at radius 3 is 2.68 bits per heavy atom. The quantitative estimate of drug-likeness (QED) is 0.339. The van der Waals surface area contributed by atoms with Gasteiger partial charge in [-0.15, -0.1) is 16.1 Å². The number of aromatic nitrogens is 2. The van der Waals surface area contributed by atoms with Crippen molar-refractivity contribution in [3.8, 4) is 5.75 Å². The van der Waals surface area contributed by atoms with Gasteiger partial charge >= 0.3 is 0 Å². The molecule has 2 heterocycles. The molecule has 0 saturated heterocycles. The molecular formula is C24H27FN4O4S. The van der Waals surface area contributed by atoms with Crippen LogP contribution < -0.4 is 15.3 Å². The third-order valence-corrected chi connectivity index (χ3v) is 5.80. The van der Waals surface area contributed by atoms with E-state index in [1.165, 1.54) is 42.6 Å². The van der Waals surface area contributed by atoms with Gasteiger partial charge in [-0.2, -0.15) is 5.10 Å². The summed E-state index contributed by atoms with van der Waals surface area (Å²) in [6, 6.07) is 9.37. The Bertz CT molecular complexity index is 1240. The number of carbonyl (C=O) groups excluding carboxylic acids is 1. The first-order valence-electron chi connectivity index (χ1n) is 10.7.